The van der Waals surface area contributed by atoms with Crippen molar-refractivity contribution >= 4 is 11.6 Å². The van der Waals surface area contributed by atoms with Crippen LogP contribution >= 0.6 is 11.6 Å². The van der Waals surface area contributed by atoms with Crippen molar-refractivity contribution in [3.8, 4) is 11.5 Å². The molecule has 1 aliphatic heterocycles. The van der Waals surface area contributed by atoms with Crippen LogP contribution < -0.4 is 9.47 Å². The van der Waals surface area contributed by atoms with Crippen molar-refractivity contribution < 1.29 is 14.6 Å². The summed E-state index contributed by atoms with van der Waals surface area (Å²) in [6, 6.07) is 3.42. The van der Waals surface area contributed by atoms with Crippen LogP contribution in [-0.4, -0.2) is 11.9 Å². The SMILES string of the molecule is CC(O)c1cc(Cl)c2c(c1)OCO2. The molecule has 1 aromatic carbocycles. The van der Waals surface area contributed by atoms with Crippen LogP contribution in [-0.2, 0) is 0 Å². The first-order valence-electron chi connectivity index (χ1n) is 3.95. The summed E-state index contributed by atoms with van der Waals surface area (Å²) in [5.74, 6) is 1.16. The van der Waals surface area contributed by atoms with Crippen LogP contribution in [0.5, 0.6) is 11.5 Å². The topological polar surface area (TPSA) is 38.7 Å². The van der Waals surface area contributed by atoms with E-state index in [1.54, 1.807) is 19.1 Å². The Hall–Kier alpha value is -0.930. The number of aliphatic hydroxyl groups excluding tert-OH is 1. The maximum absolute atomic E-state index is 9.32. The van der Waals surface area contributed by atoms with Crippen LogP contribution in [0, 0.1) is 0 Å². The Labute approximate surface area is 80.8 Å². The van der Waals surface area contributed by atoms with Crippen molar-refractivity contribution in [2.24, 2.45) is 0 Å². The molecule has 0 amide bonds. The third-order valence-electron chi connectivity index (χ3n) is 1.93. The number of benzene rings is 1. The van der Waals surface area contributed by atoms with E-state index in [0.29, 0.717) is 16.5 Å². The average molecular weight is 201 g/mol. The smallest absolute Gasteiger partial charge is 0.231 e. The molecule has 1 aromatic rings. The number of fused-ring (bicyclic) bond motifs is 1. The lowest BCUT2D eigenvalue weighted by Gasteiger charge is -2.06. The quantitative estimate of drug-likeness (QED) is 0.755. The molecule has 4 heteroatoms. The monoisotopic (exact) mass is 200 g/mol. The second-order valence-electron chi connectivity index (χ2n) is 2.91. The highest BCUT2D eigenvalue weighted by Crippen LogP contribution is 2.40. The molecule has 0 spiro atoms. The number of hydrogen-bond acceptors (Lipinski definition) is 3. The maximum atomic E-state index is 9.32. The zero-order valence-corrected chi connectivity index (χ0v) is 7.84. The van der Waals surface area contributed by atoms with Gasteiger partial charge in [-0.05, 0) is 24.6 Å². The minimum atomic E-state index is -0.549. The molecule has 1 unspecified atom stereocenters. The van der Waals surface area contributed by atoms with E-state index in [-0.39, 0.29) is 6.79 Å². The van der Waals surface area contributed by atoms with Crippen LogP contribution in [0.3, 0.4) is 0 Å². The predicted molar refractivity (Wildman–Crippen MR) is 48.2 cm³/mol. The molecule has 0 saturated carbocycles. The lowest BCUT2D eigenvalue weighted by atomic mass is 10.1. The average Bonchev–Trinajstić information content (AvgIpc) is 2.51. The van der Waals surface area contributed by atoms with Gasteiger partial charge < -0.3 is 14.6 Å². The summed E-state index contributed by atoms with van der Waals surface area (Å²) in [7, 11) is 0. The van der Waals surface area contributed by atoms with Crippen LogP contribution in [0.25, 0.3) is 0 Å². The first-order chi connectivity index (χ1) is 6.18. The van der Waals surface area contributed by atoms with Gasteiger partial charge in [-0.3, -0.25) is 0 Å². The third kappa shape index (κ3) is 1.45. The van der Waals surface area contributed by atoms with E-state index >= 15 is 0 Å². The molecule has 1 heterocycles. The Bertz CT molecular complexity index is 336. The van der Waals surface area contributed by atoms with Gasteiger partial charge in [-0.2, -0.15) is 0 Å². The van der Waals surface area contributed by atoms with Gasteiger partial charge >= 0.3 is 0 Å². The predicted octanol–water partition coefficient (Wildman–Crippen LogP) is 2.12. The Morgan fingerprint density at radius 2 is 2.23 bits per heavy atom. The highest BCUT2D eigenvalue weighted by Gasteiger charge is 2.19. The second-order valence-corrected chi connectivity index (χ2v) is 3.32. The summed E-state index contributed by atoms with van der Waals surface area (Å²) in [5.41, 5.74) is 0.731. The van der Waals surface area contributed by atoms with Crippen molar-refractivity contribution in [2.75, 3.05) is 6.79 Å². The van der Waals surface area contributed by atoms with Gasteiger partial charge in [-0.25, -0.2) is 0 Å². The van der Waals surface area contributed by atoms with E-state index in [0.717, 1.165) is 5.56 Å². The van der Waals surface area contributed by atoms with Crippen LogP contribution in [0.1, 0.15) is 18.6 Å². The summed E-state index contributed by atoms with van der Waals surface area (Å²) in [4.78, 5) is 0. The highest BCUT2D eigenvalue weighted by molar-refractivity contribution is 6.32. The van der Waals surface area contributed by atoms with Gasteiger partial charge in [0.15, 0.2) is 11.5 Å². The van der Waals surface area contributed by atoms with Crippen molar-refractivity contribution in [3.05, 3.63) is 22.7 Å². The molecule has 0 saturated heterocycles. The van der Waals surface area contributed by atoms with Gasteiger partial charge in [-0.1, -0.05) is 11.6 Å². The molecule has 1 atom stereocenters. The lowest BCUT2D eigenvalue weighted by Crippen LogP contribution is -1.93. The molecule has 70 valence electrons. The van der Waals surface area contributed by atoms with E-state index in [2.05, 4.69) is 0 Å². The molecule has 1 N–H and O–H groups in total. The third-order valence-corrected chi connectivity index (χ3v) is 2.21. The number of hydrogen-bond donors (Lipinski definition) is 1. The van der Waals surface area contributed by atoms with Gasteiger partial charge in [0.1, 0.15) is 0 Å². The fraction of sp³-hybridized carbons (Fsp3) is 0.333. The van der Waals surface area contributed by atoms with E-state index in [9.17, 15) is 5.11 Å². The summed E-state index contributed by atoms with van der Waals surface area (Å²) in [6.45, 7) is 1.87. The van der Waals surface area contributed by atoms with Gasteiger partial charge in [0.05, 0.1) is 11.1 Å². The van der Waals surface area contributed by atoms with Crippen LogP contribution in [0.15, 0.2) is 12.1 Å². The summed E-state index contributed by atoms with van der Waals surface area (Å²) < 4.78 is 10.3. The van der Waals surface area contributed by atoms with Crippen LogP contribution in [0.4, 0.5) is 0 Å². The first kappa shape index (κ1) is 8.66. The molecule has 1 aliphatic rings. The van der Waals surface area contributed by atoms with Gasteiger partial charge in [-0.15, -0.1) is 0 Å². The molecule has 0 bridgehead atoms. The molecule has 0 fully saturated rings. The number of ether oxygens (including phenoxy) is 2. The van der Waals surface area contributed by atoms with E-state index < -0.39 is 6.10 Å². The van der Waals surface area contributed by atoms with Crippen LogP contribution in [0.2, 0.25) is 5.02 Å². The van der Waals surface area contributed by atoms with Crippen molar-refractivity contribution in [3.63, 3.8) is 0 Å². The number of halogens is 1. The Morgan fingerprint density at radius 1 is 1.46 bits per heavy atom. The normalized spacial score (nSPS) is 15.9. The first-order valence-corrected chi connectivity index (χ1v) is 4.33. The summed E-state index contributed by atoms with van der Waals surface area (Å²) >= 11 is 5.90. The lowest BCUT2D eigenvalue weighted by molar-refractivity contribution is 0.173. The zero-order valence-electron chi connectivity index (χ0n) is 7.08. The largest absolute Gasteiger partial charge is 0.454 e. The number of rotatable bonds is 1. The Morgan fingerprint density at radius 3 is 2.92 bits per heavy atom. The molecule has 2 rings (SSSR count). The summed E-state index contributed by atoms with van der Waals surface area (Å²) in [5, 5.41) is 9.80. The standard InChI is InChI=1S/C9H9ClO3/c1-5(11)6-2-7(10)9-8(3-6)12-4-13-9/h2-3,5,11H,4H2,1H3. The molecule has 0 aliphatic carbocycles. The van der Waals surface area contributed by atoms with Gasteiger partial charge in [0.25, 0.3) is 0 Å². The van der Waals surface area contributed by atoms with E-state index in [1.807, 2.05) is 0 Å². The zero-order chi connectivity index (χ0) is 9.42. The molecular formula is C9H9ClO3. The number of aliphatic hydroxyl groups is 1. The molecular weight excluding hydrogens is 192 g/mol. The molecule has 0 radical (unpaired) electrons. The van der Waals surface area contributed by atoms with E-state index in [4.69, 9.17) is 21.1 Å². The fourth-order valence-electron chi connectivity index (χ4n) is 1.23. The Balaban J connectivity index is 2.49. The highest BCUT2D eigenvalue weighted by atomic mass is 35.5. The van der Waals surface area contributed by atoms with E-state index in [1.165, 1.54) is 0 Å². The minimum absolute atomic E-state index is 0.193. The minimum Gasteiger partial charge on any atom is -0.454 e. The fourth-order valence-corrected chi connectivity index (χ4v) is 1.50. The van der Waals surface area contributed by atoms with Gasteiger partial charge in [0, 0.05) is 0 Å². The molecule has 3 nitrogen and oxygen atoms in total. The molecule has 0 aromatic heterocycles. The van der Waals surface area contributed by atoms with Crippen molar-refractivity contribution in [1.82, 2.24) is 0 Å². The second kappa shape index (κ2) is 3.09. The van der Waals surface area contributed by atoms with Gasteiger partial charge in [0.2, 0.25) is 6.79 Å². The molecule has 13 heavy (non-hydrogen) atoms. The van der Waals surface area contributed by atoms with Crippen molar-refractivity contribution in [1.29, 1.82) is 0 Å². The maximum Gasteiger partial charge on any atom is 0.231 e. The van der Waals surface area contributed by atoms with Crippen molar-refractivity contribution in [2.45, 2.75) is 13.0 Å². The summed E-state index contributed by atoms with van der Waals surface area (Å²) in [6.07, 6.45) is -0.549. The Kier molecular flexibility index (Phi) is 2.06.